The van der Waals surface area contributed by atoms with E-state index in [1.807, 2.05) is 29.1 Å². The predicted octanol–water partition coefficient (Wildman–Crippen LogP) is 4.35. The van der Waals surface area contributed by atoms with Crippen molar-refractivity contribution in [3.63, 3.8) is 0 Å². The van der Waals surface area contributed by atoms with E-state index in [2.05, 4.69) is 49.5 Å². The second kappa shape index (κ2) is 7.99. The molecule has 21 heavy (non-hydrogen) atoms. The van der Waals surface area contributed by atoms with E-state index in [1.54, 1.807) is 0 Å². The number of para-hydroxylation sites is 1. The number of benzene rings is 1. The first-order chi connectivity index (χ1) is 10.3. The molecule has 0 aliphatic carbocycles. The van der Waals surface area contributed by atoms with E-state index in [0.29, 0.717) is 12.0 Å². The van der Waals surface area contributed by atoms with Gasteiger partial charge in [0.25, 0.3) is 0 Å². The topological polar surface area (TPSA) is 29.9 Å². The molecule has 114 valence electrons. The number of hydrogen-bond acceptors (Lipinski definition) is 2. The minimum atomic E-state index is 0.391. The molecule has 0 amide bonds. The number of rotatable bonds is 8. The molecule has 2 aromatic rings. The molecule has 0 fully saturated rings. The smallest absolute Gasteiger partial charge is 0.0645 e. The van der Waals surface area contributed by atoms with Crippen LogP contribution in [-0.4, -0.2) is 16.3 Å². The zero-order valence-electron chi connectivity index (χ0n) is 13.4. The normalized spacial score (nSPS) is 14.0. The van der Waals surface area contributed by atoms with Crippen molar-refractivity contribution in [1.29, 1.82) is 0 Å². The molecule has 0 aliphatic heterocycles. The van der Waals surface area contributed by atoms with Crippen molar-refractivity contribution < 1.29 is 0 Å². The van der Waals surface area contributed by atoms with Gasteiger partial charge in [0.2, 0.25) is 0 Å². The maximum atomic E-state index is 4.53. The molecular formula is C18H27N3. The van der Waals surface area contributed by atoms with Crippen LogP contribution in [0.15, 0.2) is 42.7 Å². The fraction of sp³-hybridized carbons (Fsp3) is 0.500. The van der Waals surface area contributed by atoms with Crippen LogP contribution in [0.25, 0.3) is 5.69 Å². The van der Waals surface area contributed by atoms with Crippen molar-refractivity contribution in [2.75, 3.05) is 6.54 Å². The van der Waals surface area contributed by atoms with Crippen LogP contribution in [0, 0.1) is 5.92 Å². The Morgan fingerprint density at radius 1 is 1.14 bits per heavy atom. The molecule has 3 nitrogen and oxygen atoms in total. The molecule has 2 atom stereocenters. The van der Waals surface area contributed by atoms with Gasteiger partial charge >= 0.3 is 0 Å². The Kier molecular flexibility index (Phi) is 6.00. The van der Waals surface area contributed by atoms with Gasteiger partial charge in [-0.05, 0) is 37.4 Å². The molecule has 2 rings (SSSR count). The van der Waals surface area contributed by atoms with Gasteiger partial charge in [-0.25, -0.2) is 4.68 Å². The first-order valence-electron chi connectivity index (χ1n) is 8.09. The van der Waals surface area contributed by atoms with Crippen LogP contribution in [0.4, 0.5) is 0 Å². The second-order valence-electron chi connectivity index (χ2n) is 5.75. The molecule has 0 saturated heterocycles. The Morgan fingerprint density at radius 2 is 1.90 bits per heavy atom. The van der Waals surface area contributed by atoms with Gasteiger partial charge in [0.05, 0.1) is 11.9 Å². The van der Waals surface area contributed by atoms with E-state index >= 15 is 0 Å². The third-order valence-corrected chi connectivity index (χ3v) is 3.91. The van der Waals surface area contributed by atoms with Gasteiger partial charge in [-0.2, -0.15) is 5.10 Å². The predicted molar refractivity (Wildman–Crippen MR) is 88.7 cm³/mol. The second-order valence-corrected chi connectivity index (χ2v) is 5.75. The summed E-state index contributed by atoms with van der Waals surface area (Å²) in [6, 6.07) is 10.7. The Morgan fingerprint density at radius 3 is 2.57 bits per heavy atom. The molecule has 0 bridgehead atoms. The number of nitrogens with zero attached hydrogens (tertiary/aromatic N) is 2. The first-order valence-corrected chi connectivity index (χ1v) is 8.09. The van der Waals surface area contributed by atoms with Crippen molar-refractivity contribution in [1.82, 2.24) is 15.1 Å². The monoisotopic (exact) mass is 285 g/mol. The summed E-state index contributed by atoms with van der Waals surface area (Å²) < 4.78 is 1.97. The van der Waals surface area contributed by atoms with Crippen molar-refractivity contribution >= 4 is 0 Å². The van der Waals surface area contributed by atoms with E-state index in [0.717, 1.165) is 18.7 Å². The number of aromatic nitrogens is 2. The molecule has 0 radical (unpaired) electrons. The molecule has 2 unspecified atom stereocenters. The van der Waals surface area contributed by atoms with Crippen LogP contribution >= 0.6 is 0 Å². The van der Waals surface area contributed by atoms with Gasteiger partial charge in [-0.15, -0.1) is 0 Å². The van der Waals surface area contributed by atoms with Crippen LogP contribution < -0.4 is 5.32 Å². The Balaban J connectivity index is 2.18. The summed E-state index contributed by atoms with van der Waals surface area (Å²) in [6.07, 6.45) is 7.78. The van der Waals surface area contributed by atoms with E-state index < -0.39 is 0 Å². The molecular weight excluding hydrogens is 258 g/mol. The lowest BCUT2D eigenvalue weighted by Crippen LogP contribution is -2.27. The molecule has 3 heteroatoms. The van der Waals surface area contributed by atoms with Crippen LogP contribution in [0.2, 0.25) is 0 Å². The van der Waals surface area contributed by atoms with E-state index in [-0.39, 0.29) is 0 Å². The van der Waals surface area contributed by atoms with E-state index in [1.165, 1.54) is 18.4 Å². The summed E-state index contributed by atoms with van der Waals surface area (Å²) in [5.41, 5.74) is 2.40. The summed E-state index contributed by atoms with van der Waals surface area (Å²) in [5, 5.41) is 8.22. The molecule has 0 spiro atoms. The molecule has 1 heterocycles. The zero-order valence-corrected chi connectivity index (χ0v) is 13.4. The van der Waals surface area contributed by atoms with Crippen molar-refractivity contribution in [3.05, 3.63) is 48.3 Å². The summed E-state index contributed by atoms with van der Waals surface area (Å²) in [6.45, 7) is 7.84. The lowest BCUT2D eigenvalue weighted by molar-refractivity contribution is 0.363. The standard InChI is InChI=1S/C18H27N3/c1-4-9-15(3)18(19-12-5-2)16-13-20-21(14-16)17-10-7-6-8-11-17/h6-8,10-11,13-15,18-19H,4-5,9,12H2,1-3H3. The maximum Gasteiger partial charge on any atom is 0.0645 e. The van der Waals surface area contributed by atoms with Gasteiger partial charge in [0.15, 0.2) is 0 Å². The minimum absolute atomic E-state index is 0.391. The highest BCUT2D eigenvalue weighted by molar-refractivity contribution is 5.31. The summed E-state index contributed by atoms with van der Waals surface area (Å²) in [4.78, 5) is 0. The van der Waals surface area contributed by atoms with Crippen molar-refractivity contribution in [2.45, 2.75) is 46.1 Å². The SMILES string of the molecule is CCCNC(c1cnn(-c2ccccc2)c1)C(C)CCC. The van der Waals surface area contributed by atoms with Crippen LogP contribution in [0.1, 0.15) is 51.6 Å². The highest BCUT2D eigenvalue weighted by atomic mass is 15.3. The van der Waals surface area contributed by atoms with E-state index in [4.69, 9.17) is 0 Å². The fourth-order valence-corrected chi connectivity index (χ4v) is 2.79. The molecule has 1 aromatic heterocycles. The van der Waals surface area contributed by atoms with Gasteiger partial charge in [-0.3, -0.25) is 0 Å². The third kappa shape index (κ3) is 4.18. The Labute approximate surface area is 128 Å². The third-order valence-electron chi connectivity index (χ3n) is 3.91. The number of nitrogens with one attached hydrogen (secondary N) is 1. The summed E-state index contributed by atoms with van der Waals surface area (Å²) in [7, 11) is 0. The van der Waals surface area contributed by atoms with Crippen LogP contribution in [0.5, 0.6) is 0 Å². The molecule has 0 aliphatic rings. The van der Waals surface area contributed by atoms with Crippen LogP contribution in [0.3, 0.4) is 0 Å². The molecule has 1 N–H and O–H groups in total. The largest absolute Gasteiger partial charge is 0.310 e. The van der Waals surface area contributed by atoms with Crippen molar-refractivity contribution in [2.24, 2.45) is 5.92 Å². The quantitative estimate of drug-likeness (QED) is 0.781. The highest BCUT2D eigenvalue weighted by Crippen LogP contribution is 2.26. The lowest BCUT2D eigenvalue weighted by Gasteiger charge is -2.24. The Hall–Kier alpha value is -1.61. The molecule has 1 aromatic carbocycles. The average Bonchev–Trinajstić information content (AvgIpc) is 2.98. The van der Waals surface area contributed by atoms with Crippen molar-refractivity contribution in [3.8, 4) is 5.69 Å². The van der Waals surface area contributed by atoms with Crippen LogP contribution in [-0.2, 0) is 0 Å². The summed E-state index contributed by atoms with van der Waals surface area (Å²) >= 11 is 0. The first kappa shape index (κ1) is 15.8. The molecule has 0 saturated carbocycles. The highest BCUT2D eigenvalue weighted by Gasteiger charge is 2.19. The van der Waals surface area contributed by atoms with Gasteiger partial charge in [0, 0.05) is 17.8 Å². The summed E-state index contributed by atoms with van der Waals surface area (Å²) in [5.74, 6) is 0.620. The lowest BCUT2D eigenvalue weighted by atomic mass is 9.92. The van der Waals surface area contributed by atoms with Gasteiger partial charge < -0.3 is 5.32 Å². The zero-order chi connectivity index (χ0) is 15.1. The maximum absolute atomic E-state index is 4.53. The Bertz CT molecular complexity index is 518. The number of hydrogen-bond donors (Lipinski definition) is 1. The van der Waals surface area contributed by atoms with Gasteiger partial charge in [0.1, 0.15) is 0 Å². The minimum Gasteiger partial charge on any atom is -0.310 e. The average molecular weight is 285 g/mol. The van der Waals surface area contributed by atoms with E-state index in [9.17, 15) is 0 Å². The fourth-order valence-electron chi connectivity index (χ4n) is 2.79. The van der Waals surface area contributed by atoms with Gasteiger partial charge in [-0.1, -0.05) is 45.4 Å².